The molecule has 1 aromatic carbocycles. The molecule has 24 heavy (non-hydrogen) atoms. The Morgan fingerprint density at radius 1 is 0.917 bits per heavy atom. The number of nitrogens with one attached hydrogen (secondary N) is 3. The highest BCUT2D eigenvalue weighted by atomic mass is 16.2. The van der Waals surface area contributed by atoms with E-state index in [9.17, 15) is 14.4 Å². The van der Waals surface area contributed by atoms with Crippen LogP contribution in [-0.4, -0.2) is 24.3 Å². The first-order valence-corrected chi connectivity index (χ1v) is 8.42. The van der Waals surface area contributed by atoms with Crippen LogP contribution in [0.15, 0.2) is 18.2 Å². The molecule has 130 valence electrons. The van der Waals surface area contributed by atoms with E-state index in [0.717, 1.165) is 12.8 Å². The fourth-order valence-corrected chi connectivity index (χ4v) is 3.04. The maximum atomic E-state index is 12.4. The molecule has 0 heterocycles. The van der Waals surface area contributed by atoms with Crippen molar-refractivity contribution in [2.75, 3.05) is 17.2 Å². The van der Waals surface area contributed by atoms with Crippen molar-refractivity contribution in [1.29, 1.82) is 0 Å². The number of amides is 3. The van der Waals surface area contributed by atoms with Crippen LogP contribution < -0.4 is 16.0 Å². The van der Waals surface area contributed by atoms with Gasteiger partial charge in [-0.05, 0) is 37.0 Å². The lowest BCUT2D eigenvalue weighted by Gasteiger charge is -2.21. The second-order valence-electron chi connectivity index (χ2n) is 6.38. The summed E-state index contributed by atoms with van der Waals surface area (Å²) in [6.45, 7) is 3.46. The standard InChI is InChI=1S/C18H25N3O3/c1-12(22)20-16-8-15(9-17(10-16)21-13(2)23)18(24)19-11-14-6-4-3-5-7-14/h8-10,14H,3-7,11H2,1-2H3,(H,19,24)(H,20,22)(H,21,23). The van der Waals surface area contributed by atoms with E-state index in [0.29, 0.717) is 29.4 Å². The molecule has 1 fully saturated rings. The van der Waals surface area contributed by atoms with Gasteiger partial charge in [0.25, 0.3) is 5.91 Å². The molecule has 0 aromatic heterocycles. The molecule has 0 atom stereocenters. The maximum Gasteiger partial charge on any atom is 0.251 e. The van der Waals surface area contributed by atoms with E-state index in [1.165, 1.54) is 33.1 Å². The van der Waals surface area contributed by atoms with Crippen molar-refractivity contribution in [3.63, 3.8) is 0 Å². The van der Waals surface area contributed by atoms with Crippen molar-refractivity contribution in [3.8, 4) is 0 Å². The van der Waals surface area contributed by atoms with Crippen molar-refractivity contribution in [2.45, 2.75) is 46.0 Å². The van der Waals surface area contributed by atoms with Gasteiger partial charge in [-0.15, -0.1) is 0 Å². The van der Waals surface area contributed by atoms with Gasteiger partial charge < -0.3 is 16.0 Å². The lowest BCUT2D eigenvalue weighted by Crippen LogP contribution is -2.30. The zero-order chi connectivity index (χ0) is 17.5. The summed E-state index contributed by atoms with van der Waals surface area (Å²) >= 11 is 0. The van der Waals surface area contributed by atoms with Gasteiger partial charge in [-0.1, -0.05) is 19.3 Å². The predicted octanol–water partition coefficient (Wildman–Crippen LogP) is 2.91. The van der Waals surface area contributed by atoms with E-state index in [1.54, 1.807) is 18.2 Å². The van der Waals surface area contributed by atoms with Crippen molar-refractivity contribution in [2.24, 2.45) is 5.92 Å². The average Bonchev–Trinajstić information content (AvgIpc) is 2.52. The molecule has 0 saturated heterocycles. The summed E-state index contributed by atoms with van der Waals surface area (Å²) in [5.41, 5.74) is 1.38. The molecule has 1 saturated carbocycles. The van der Waals surface area contributed by atoms with Crippen LogP contribution in [0.25, 0.3) is 0 Å². The zero-order valence-electron chi connectivity index (χ0n) is 14.3. The minimum atomic E-state index is -0.233. The number of anilines is 2. The fourth-order valence-electron chi connectivity index (χ4n) is 3.04. The molecule has 0 radical (unpaired) electrons. The van der Waals surface area contributed by atoms with Crippen LogP contribution >= 0.6 is 0 Å². The molecular weight excluding hydrogens is 306 g/mol. The van der Waals surface area contributed by atoms with E-state index in [4.69, 9.17) is 0 Å². The van der Waals surface area contributed by atoms with Crippen LogP contribution in [0.4, 0.5) is 11.4 Å². The van der Waals surface area contributed by atoms with Gasteiger partial charge in [-0.25, -0.2) is 0 Å². The van der Waals surface area contributed by atoms with Crippen molar-refractivity contribution < 1.29 is 14.4 Å². The highest BCUT2D eigenvalue weighted by Crippen LogP contribution is 2.23. The molecule has 3 amide bonds. The monoisotopic (exact) mass is 331 g/mol. The highest BCUT2D eigenvalue weighted by molar-refractivity contribution is 5.99. The zero-order valence-corrected chi connectivity index (χ0v) is 14.3. The number of hydrogen-bond acceptors (Lipinski definition) is 3. The second-order valence-corrected chi connectivity index (χ2v) is 6.38. The third kappa shape index (κ3) is 5.68. The fraction of sp³-hybridized carbons (Fsp3) is 0.500. The number of carbonyl (C=O) groups excluding carboxylic acids is 3. The Kier molecular flexibility index (Phi) is 6.35. The number of benzene rings is 1. The summed E-state index contributed by atoms with van der Waals surface area (Å²) in [6.07, 6.45) is 6.05. The Morgan fingerprint density at radius 2 is 1.46 bits per heavy atom. The van der Waals surface area contributed by atoms with Crippen LogP contribution in [0.5, 0.6) is 0 Å². The van der Waals surface area contributed by atoms with Crippen LogP contribution in [0, 0.1) is 5.92 Å². The van der Waals surface area contributed by atoms with E-state index in [1.807, 2.05) is 0 Å². The molecular formula is C18H25N3O3. The Bertz CT molecular complexity index is 588. The van der Waals surface area contributed by atoms with Gasteiger partial charge in [0.05, 0.1) is 0 Å². The van der Waals surface area contributed by atoms with E-state index < -0.39 is 0 Å². The molecule has 2 rings (SSSR count). The molecule has 3 N–H and O–H groups in total. The van der Waals surface area contributed by atoms with E-state index in [-0.39, 0.29) is 17.7 Å². The van der Waals surface area contributed by atoms with Crippen molar-refractivity contribution >= 4 is 29.1 Å². The first-order chi connectivity index (χ1) is 11.4. The van der Waals surface area contributed by atoms with Crippen LogP contribution in [-0.2, 0) is 9.59 Å². The summed E-state index contributed by atoms with van der Waals surface area (Å²) in [5, 5.41) is 8.26. The number of carbonyl (C=O) groups is 3. The molecule has 1 aliphatic rings. The molecule has 0 spiro atoms. The molecule has 6 nitrogen and oxygen atoms in total. The third-order valence-corrected chi connectivity index (χ3v) is 4.11. The van der Waals surface area contributed by atoms with Gasteiger partial charge in [0.15, 0.2) is 0 Å². The summed E-state index contributed by atoms with van der Waals surface area (Å²) < 4.78 is 0. The lowest BCUT2D eigenvalue weighted by molar-refractivity contribution is -0.115. The van der Waals surface area contributed by atoms with Gasteiger partial charge in [0, 0.05) is 37.3 Å². The number of rotatable bonds is 5. The normalized spacial score (nSPS) is 14.8. The van der Waals surface area contributed by atoms with Crippen LogP contribution in [0.2, 0.25) is 0 Å². The summed E-state index contributed by atoms with van der Waals surface area (Å²) in [5.74, 6) is -0.123. The molecule has 0 aliphatic heterocycles. The molecule has 6 heteroatoms. The van der Waals surface area contributed by atoms with Crippen LogP contribution in [0.1, 0.15) is 56.3 Å². The quantitative estimate of drug-likeness (QED) is 0.775. The third-order valence-electron chi connectivity index (χ3n) is 4.11. The molecule has 1 aliphatic carbocycles. The van der Waals surface area contributed by atoms with Crippen molar-refractivity contribution in [1.82, 2.24) is 5.32 Å². The SMILES string of the molecule is CC(=O)Nc1cc(NC(C)=O)cc(C(=O)NCC2CCCCC2)c1. The van der Waals surface area contributed by atoms with E-state index in [2.05, 4.69) is 16.0 Å². The highest BCUT2D eigenvalue weighted by Gasteiger charge is 2.16. The van der Waals surface area contributed by atoms with Gasteiger partial charge in [-0.3, -0.25) is 14.4 Å². The minimum Gasteiger partial charge on any atom is -0.352 e. The molecule has 0 unspecified atom stereocenters. The largest absolute Gasteiger partial charge is 0.352 e. The Hall–Kier alpha value is -2.37. The Balaban J connectivity index is 2.08. The van der Waals surface area contributed by atoms with Gasteiger partial charge >= 0.3 is 0 Å². The maximum absolute atomic E-state index is 12.4. The van der Waals surface area contributed by atoms with Gasteiger partial charge in [0.2, 0.25) is 11.8 Å². The first-order valence-electron chi connectivity index (χ1n) is 8.42. The average molecular weight is 331 g/mol. The molecule has 1 aromatic rings. The summed E-state index contributed by atoms with van der Waals surface area (Å²) in [6, 6.07) is 4.85. The Labute approximate surface area is 142 Å². The van der Waals surface area contributed by atoms with Crippen LogP contribution in [0.3, 0.4) is 0 Å². The number of hydrogen-bond donors (Lipinski definition) is 3. The van der Waals surface area contributed by atoms with Crippen molar-refractivity contribution in [3.05, 3.63) is 23.8 Å². The lowest BCUT2D eigenvalue weighted by atomic mass is 9.89. The van der Waals surface area contributed by atoms with Gasteiger partial charge in [-0.2, -0.15) is 0 Å². The van der Waals surface area contributed by atoms with Gasteiger partial charge in [0.1, 0.15) is 0 Å². The first kappa shape index (κ1) is 18.0. The van der Waals surface area contributed by atoms with E-state index >= 15 is 0 Å². The smallest absolute Gasteiger partial charge is 0.251 e. The summed E-state index contributed by atoms with van der Waals surface area (Å²) in [7, 11) is 0. The predicted molar refractivity (Wildman–Crippen MR) is 94.0 cm³/mol. The topological polar surface area (TPSA) is 87.3 Å². The summed E-state index contributed by atoms with van der Waals surface area (Å²) in [4.78, 5) is 34.9. The second kappa shape index (κ2) is 8.47. The molecule has 0 bridgehead atoms. The minimum absolute atomic E-state index is 0.195. The Morgan fingerprint density at radius 3 is 1.96 bits per heavy atom.